The summed E-state index contributed by atoms with van der Waals surface area (Å²) in [5.74, 6) is 0.163. The normalized spacial score (nSPS) is 18.0. The Hall–Kier alpha value is -1.72. The highest BCUT2D eigenvalue weighted by molar-refractivity contribution is 7.18. The highest BCUT2D eigenvalue weighted by Crippen LogP contribution is 2.37. The minimum absolute atomic E-state index is 0.132. The van der Waals surface area contributed by atoms with Crippen LogP contribution in [0.2, 0.25) is 0 Å². The fourth-order valence-corrected chi connectivity index (χ4v) is 5.14. The predicted octanol–water partition coefficient (Wildman–Crippen LogP) is 4.90. The molecular formula is C18H18N2OS2. The SMILES string of the molecule is CCc1ccc(C(=O)N2CCC[C@@H]2c2nc3ccccc3s2)s1. The first-order valence-corrected chi connectivity index (χ1v) is 9.64. The summed E-state index contributed by atoms with van der Waals surface area (Å²) >= 11 is 3.34. The van der Waals surface area contributed by atoms with Crippen molar-refractivity contribution >= 4 is 38.8 Å². The smallest absolute Gasteiger partial charge is 0.264 e. The third kappa shape index (κ3) is 2.68. The Kier molecular flexibility index (Phi) is 3.91. The molecule has 3 nitrogen and oxygen atoms in total. The fourth-order valence-electron chi connectivity index (χ4n) is 3.12. The van der Waals surface area contributed by atoms with Crippen molar-refractivity contribution in [1.29, 1.82) is 0 Å². The van der Waals surface area contributed by atoms with Gasteiger partial charge in [0.2, 0.25) is 0 Å². The molecule has 1 fully saturated rings. The van der Waals surface area contributed by atoms with Crippen LogP contribution in [0.4, 0.5) is 0 Å². The molecule has 23 heavy (non-hydrogen) atoms. The van der Waals surface area contributed by atoms with Gasteiger partial charge in [-0.05, 0) is 43.5 Å². The van der Waals surface area contributed by atoms with Gasteiger partial charge in [-0.3, -0.25) is 4.79 Å². The van der Waals surface area contributed by atoms with Gasteiger partial charge in [0, 0.05) is 11.4 Å². The van der Waals surface area contributed by atoms with Gasteiger partial charge in [-0.2, -0.15) is 0 Å². The summed E-state index contributed by atoms with van der Waals surface area (Å²) in [4.78, 5) is 21.8. The second kappa shape index (κ2) is 6.06. The second-order valence-electron chi connectivity index (χ2n) is 5.80. The summed E-state index contributed by atoms with van der Waals surface area (Å²) in [6.45, 7) is 2.96. The monoisotopic (exact) mass is 342 g/mol. The van der Waals surface area contributed by atoms with Crippen LogP contribution in [0.1, 0.15) is 45.4 Å². The molecule has 1 saturated heterocycles. The van der Waals surface area contributed by atoms with Crippen molar-refractivity contribution in [2.24, 2.45) is 0 Å². The Balaban J connectivity index is 1.64. The zero-order chi connectivity index (χ0) is 15.8. The number of aryl methyl sites for hydroxylation is 1. The molecule has 0 bridgehead atoms. The average Bonchev–Trinajstić information content (AvgIpc) is 3.30. The number of fused-ring (bicyclic) bond motifs is 1. The molecule has 0 radical (unpaired) electrons. The van der Waals surface area contributed by atoms with Crippen molar-refractivity contribution in [3.8, 4) is 0 Å². The molecule has 0 unspecified atom stereocenters. The Labute approximate surface area is 143 Å². The van der Waals surface area contributed by atoms with E-state index in [2.05, 4.69) is 19.1 Å². The van der Waals surface area contributed by atoms with Crippen LogP contribution in [0.25, 0.3) is 10.2 Å². The highest BCUT2D eigenvalue weighted by Gasteiger charge is 2.33. The summed E-state index contributed by atoms with van der Waals surface area (Å²) in [5, 5.41) is 1.07. The number of carbonyl (C=O) groups is 1. The van der Waals surface area contributed by atoms with E-state index in [1.165, 1.54) is 9.58 Å². The van der Waals surface area contributed by atoms with E-state index in [0.717, 1.165) is 41.2 Å². The largest absolute Gasteiger partial charge is 0.328 e. The molecule has 3 aromatic rings. The fraction of sp³-hybridized carbons (Fsp3) is 0.333. The van der Waals surface area contributed by atoms with Crippen LogP contribution in [0, 0.1) is 0 Å². The number of nitrogens with zero attached hydrogens (tertiary/aromatic N) is 2. The van der Waals surface area contributed by atoms with E-state index in [-0.39, 0.29) is 11.9 Å². The van der Waals surface area contributed by atoms with Crippen LogP contribution in [-0.4, -0.2) is 22.3 Å². The zero-order valence-electron chi connectivity index (χ0n) is 13.0. The first-order chi connectivity index (χ1) is 11.3. The van der Waals surface area contributed by atoms with Crippen LogP contribution in [0.15, 0.2) is 36.4 Å². The predicted molar refractivity (Wildman–Crippen MR) is 96.3 cm³/mol. The van der Waals surface area contributed by atoms with Crippen LogP contribution in [0.3, 0.4) is 0 Å². The van der Waals surface area contributed by atoms with Crippen LogP contribution in [0.5, 0.6) is 0 Å². The van der Waals surface area contributed by atoms with Gasteiger partial charge in [0.1, 0.15) is 5.01 Å². The first kappa shape index (κ1) is 14.8. The highest BCUT2D eigenvalue weighted by atomic mass is 32.1. The molecule has 0 aliphatic carbocycles. The zero-order valence-corrected chi connectivity index (χ0v) is 14.6. The van der Waals surface area contributed by atoms with E-state index in [1.54, 1.807) is 22.7 Å². The molecule has 4 rings (SSSR count). The maximum atomic E-state index is 12.9. The van der Waals surface area contributed by atoms with Gasteiger partial charge in [-0.1, -0.05) is 19.1 Å². The molecule has 1 amide bonds. The molecule has 118 valence electrons. The molecule has 5 heteroatoms. The lowest BCUT2D eigenvalue weighted by Gasteiger charge is -2.22. The lowest BCUT2D eigenvalue weighted by Crippen LogP contribution is -2.29. The molecule has 0 spiro atoms. The van der Waals surface area contributed by atoms with Gasteiger partial charge < -0.3 is 4.90 Å². The Morgan fingerprint density at radius 3 is 2.91 bits per heavy atom. The maximum Gasteiger partial charge on any atom is 0.264 e. The van der Waals surface area contributed by atoms with Gasteiger partial charge in [0.05, 0.1) is 21.1 Å². The number of likely N-dealkylation sites (tertiary alicyclic amines) is 1. The van der Waals surface area contributed by atoms with E-state index >= 15 is 0 Å². The number of hydrogen-bond acceptors (Lipinski definition) is 4. The van der Waals surface area contributed by atoms with Gasteiger partial charge in [-0.15, -0.1) is 22.7 Å². The van der Waals surface area contributed by atoms with Gasteiger partial charge in [-0.25, -0.2) is 4.98 Å². The minimum atomic E-state index is 0.132. The van der Waals surface area contributed by atoms with E-state index in [9.17, 15) is 4.79 Å². The van der Waals surface area contributed by atoms with Crippen molar-refractivity contribution in [3.63, 3.8) is 0 Å². The summed E-state index contributed by atoms with van der Waals surface area (Å²) in [7, 11) is 0. The lowest BCUT2D eigenvalue weighted by atomic mass is 10.2. The summed E-state index contributed by atoms with van der Waals surface area (Å²) in [6.07, 6.45) is 3.05. The number of para-hydroxylation sites is 1. The van der Waals surface area contributed by atoms with Crippen molar-refractivity contribution in [2.45, 2.75) is 32.2 Å². The molecule has 1 aliphatic heterocycles. The molecule has 0 saturated carbocycles. The van der Waals surface area contributed by atoms with Gasteiger partial charge in [0.15, 0.2) is 0 Å². The van der Waals surface area contributed by atoms with E-state index < -0.39 is 0 Å². The molecule has 2 aromatic heterocycles. The van der Waals surface area contributed by atoms with Gasteiger partial charge >= 0.3 is 0 Å². The summed E-state index contributed by atoms with van der Waals surface area (Å²) < 4.78 is 1.20. The molecule has 3 heterocycles. The van der Waals surface area contributed by atoms with E-state index in [1.807, 2.05) is 29.2 Å². The van der Waals surface area contributed by atoms with Crippen molar-refractivity contribution in [2.75, 3.05) is 6.54 Å². The Bertz CT molecular complexity index is 818. The quantitative estimate of drug-likeness (QED) is 0.678. The number of carbonyl (C=O) groups excluding carboxylic acids is 1. The van der Waals surface area contributed by atoms with Crippen LogP contribution in [-0.2, 0) is 6.42 Å². The van der Waals surface area contributed by atoms with Gasteiger partial charge in [0.25, 0.3) is 5.91 Å². The van der Waals surface area contributed by atoms with Crippen LogP contribution < -0.4 is 0 Å². The second-order valence-corrected chi connectivity index (χ2v) is 8.03. The number of rotatable bonds is 3. The third-order valence-corrected chi connectivity index (χ3v) is 6.69. The Morgan fingerprint density at radius 2 is 2.13 bits per heavy atom. The molecular weight excluding hydrogens is 324 g/mol. The number of aromatic nitrogens is 1. The number of amides is 1. The number of hydrogen-bond donors (Lipinski definition) is 0. The summed E-state index contributed by atoms with van der Waals surface area (Å²) in [5.41, 5.74) is 1.04. The van der Waals surface area contributed by atoms with E-state index in [0.29, 0.717) is 0 Å². The molecule has 1 aliphatic rings. The lowest BCUT2D eigenvalue weighted by molar-refractivity contribution is 0.0740. The standard InChI is InChI=1S/C18H18N2OS2/c1-2-12-9-10-16(22-12)18(21)20-11-5-7-14(20)17-19-13-6-3-4-8-15(13)23-17/h3-4,6,8-10,14H,2,5,7,11H2,1H3/t14-/m1/s1. The topological polar surface area (TPSA) is 33.2 Å². The first-order valence-electron chi connectivity index (χ1n) is 8.01. The summed E-state index contributed by atoms with van der Waals surface area (Å²) in [6, 6.07) is 12.4. The number of thiazole rings is 1. The Morgan fingerprint density at radius 1 is 1.26 bits per heavy atom. The van der Waals surface area contributed by atoms with Crippen molar-refractivity contribution in [1.82, 2.24) is 9.88 Å². The molecule has 1 aromatic carbocycles. The minimum Gasteiger partial charge on any atom is -0.328 e. The number of benzene rings is 1. The van der Waals surface area contributed by atoms with Crippen molar-refractivity contribution < 1.29 is 4.79 Å². The third-order valence-electron chi connectivity index (χ3n) is 4.33. The molecule has 1 atom stereocenters. The molecule has 0 N–H and O–H groups in total. The maximum absolute atomic E-state index is 12.9. The van der Waals surface area contributed by atoms with Crippen LogP contribution >= 0.6 is 22.7 Å². The number of thiophene rings is 1. The van der Waals surface area contributed by atoms with Crippen molar-refractivity contribution in [3.05, 3.63) is 51.2 Å². The van der Waals surface area contributed by atoms with E-state index in [4.69, 9.17) is 4.98 Å². The average molecular weight is 342 g/mol.